The van der Waals surface area contributed by atoms with E-state index in [0.717, 1.165) is 25.5 Å². The molecule has 1 atom stereocenters. The molecule has 1 fully saturated rings. The zero-order valence-corrected chi connectivity index (χ0v) is 8.19. The quantitative estimate of drug-likeness (QED) is 0.710. The average Bonchev–Trinajstić information content (AvgIpc) is 2.25. The minimum Gasteiger partial charge on any atom is -0.316 e. The molecular formula is C11H12F3N. The van der Waals surface area contributed by atoms with Gasteiger partial charge in [0.2, 0.25) is 0 Å². The Kier molecular flexibility index (Phi) is 2.95. The molecule has 0 bridgehead atoms. The van der Waals surface area contributed by atoms with Crippen LogP contribution in [0.5, 0.6) is 0 Å². The van der Waals surface area contributed by atoms with Gasteiger partial charge in [-0.05, 0) is 36.9 Å². The molecular weight excluding hydrogens is 203 g/mol. The number of halogens is 3. The Morgan fingerprint density at radius 2 is 1.80 bits per heavy atom. The molecule has 1 aromatic rings. The van der Waals surface area contributed by atoms with Crippen molar-refractivity contribution in [1.82, 2.24) is 5.32 Å². The summed E-state index contributed by atoms with van der Waals surface area (Å²) in [6.45, 7) is 1.53. The lowest BCUT2D eigenvalue weighted by atomic mass is 9.91. The van der Waals surface area contributed by atoms with Gasteiger partial charge in [-0.3, -0.25) is 0 Å². The Morgan fingerprint density at radius 3 is 2.47 bits per heavy atom. The van der Waals surface area contributed by atoms with Crippen molar-refractivity contribution in [2.24, 2.45) is 0 Å². The molecule has 1 saturated heterocycles. The molecule has 0 aromatic heterocycles. The second kappa shape index (κ2) is 4.23. The van der Waals surface area contributed by atoms with Crippen molar-refractivity contribution < 1.29 is 13.2 Å². The molecule has 1 N–H and O–H groups in total. The fourth-order valence-electron chi connectivity index (χ4n) is 1.97. The lowest BCUT2D eigenvalue weighted by Crippen LogP contribution is -2.29. The van der Waals surface area contributed by atoms with Crippen LogP contribution in [0.1, 0.15) is 24.3 Å². The zero-order valence-electron chi connectivity index (χ0n) is 8.19. The highest BCUT2D eigenvalue weighted by Gasteiger charge is 2.20. The third kappa shape index (κ3) is 2.15. The summed E-state index contributed by atoms with van der Waals surface area (Å²) >= 11 is 0. The maximum atomic E-state index is 13.4. The van der Waals surface area contributed by atoms with Gasteiger partial charge in [0.15, 0.2) is 11.6 Å². The van der Waals surface area contributed by atoms with Crippen LogP contribution in [0.25, 0.3) is 0 Å². The minimum atomic E-state index is -1.12. The molecule has 1 heterocycles. The van der Waals surface area contributed by atoms with Crippen molar-refractivity contribution in [2.45, 2.75) is 18.8 Å². The Labute approximate surface area is 86.3 Å². The minimum absolute atomic E-state index is 0.0474. The Morgan fingerprint density at radius 1 is 1.07 bits per heavy atom. The van der Waals surface area contributed by atoms with Gasteiger partial charge in [0.05, 0.1) is 0 Å². The molecule has 15 heavy (non-hydrogen) atoms. The molecule has 0 amide bonds. The fourth-order valence-corrected chi connectivity index (χ4v) is 1.97. The van der Waals surface area contributed by atoms with Gasteiger partial charge < -0.3 is 5.32 Å². The number of nitrogens with one attached hydrogen (secondary N) is 1. The van der Waals surface area contributed by atoms with Crippen LogP contribution in [-0.2, 0) is 0 Å². The monoisotopic (exact) mass is 215 g/mol. The van der Waals surface area contributed by atoms with Crippen LogP contribution in [-0.4, -0.2) is 13.1 Å². The van der Waals surface area contributed by atoms with E-state index in [1.807, 2.05) is 0 Å². The van der Waals surface area contributed by atoms with Gasteiger partial charge in [-0.2, -0.15) is 0 Å². The largest absolute Gasteiger partial charge is 0.316 e. The van der Waals surface area contributed by atoms with Gasteiger partial charge >= 0.3 is 0 Å². The first kappa shape index (κ1) is 10.5. The summed E-state index contributed by atoms with van der Waals surface area (Å²) in [5.74, 6) is -2.80. The van der Waals surface area contributed by atoms with Crippen molar-refractivity contribution >= 4 is 0 Å². The molecule has 0 spiro atoms. The smallest absolute Gasteiger partial charge is 0.161 e. The van der Waals surface area contributed by atoms with E-state index in [-0.39, 0.29) is 11.5 Å². The summed E-state index contributed by atoms with van der Waals surface area (Å²) in [5.41, 5.74) is 0.279. The summed E-state index contributed by atoms with van der Waals surface area (Å²) in [4.78, 5) is 0. The zero-order chi connectivity index (χ0) is 10.8. The fraction of sp³-hybridized carbons (Fsp3) is 0.455. The summed E-state index contributed by atoms with van der Waals surface area (Å²) in [6, 6.07) is 1.60. The summed E-state index contributed by atoms with van der Waals surface area (Å²) in [6.07, 6.45) is 1.75. The first-order valence-corrected chi connectivity index (χ1v) is 5.03. The standard InChI is InChI=1S/C11H12F3N/c12-9-5-11(14)10(13)4-8(9)7-2-1-3-15-6-7/h4-5,7,15H,1-3,6H2. The van der Waals surface area contributed by atoms with E-state index in [1.54, 1.807) is 0 Å². The number of hydrogen-bond acceptors (Lipinski definition) is 1. The van der Waals surface area contributed by atoms with Crippen molar-refractivity contribution in [3.63, 3.8) is 0 Å². The molecule has 82 valence electrons. The van der Waals surface area contributed by atoms with Gasteiger partial charge in [0.1, 0.15) is 5.82 Å². The lowest BCUT2D eigenvalue weighted by molar-refractivity contribution is 0.434. The van der Waals surface area contributed by atoms with E-state index < -0.39 is 17.5 Å². The van der Waals surface area contributed by atoms with E-state index in [1.165, 1.54) is 0 Å². The van der Waals surface area contributed by atoms with Gasteiger partial charge in [0, 0.05) is 12.6 Å². The van der Waals surface area contributed by atoms with Crippen LogP contribution in [0.4, 0.5) is 13.2 Å². The van der Waals surface area contributed by atoms with Crippen molar-refractivity contribution in [1.29, 1.82) is 0 Å². The number of hydrogen-bond donors (Lipinski definition) is 1. The van der Waals surface area contributed by atoms with Crippen LogP contribution < -0.4 is 5.32 Å². The van der Waals surface area contributed by atoms with Crippen molar-refractivity contribution in [3.8, 4) is 0 Å². The van der Waals surface area contributed by atoms with E-state index >= 15 is 0 Å². The summed E-state index contributed by atoms with van der Waals surface area (Å²) in [5, 5.41) is 3.11. The molecule has 1 nitrogen and oxygen atoms in total. The van der Waals surface area contributed by atoms with Crippen molar-refractivity contribution in [3.05, 3.63) is 35.1 Å². The molecule has 4 heteroatoms. The molecule has 0 radical (unpaired) electrons. The Bertz CT molecular complexity index is 359. The van der Waals surface area contributed by atoms with E-state index in [0.29, 0.717) is 12.6 Å². The summed E-state index contributed by atoms with van der Waals surface area (Å²) < 4.78 is 39.0. The van der Waals surface area contributed by atoms with Gasteiger partial charge in [-0.15, -0.1) is 0 Å². The van der Waals surface area contributed by atoms with Crippen LogP contribution >= 0.6 is 0 Å². The van der Waals surface area contributed by atoms with E-state index in [4.69, 9.17) is 0 Å². The van der Waals surface area contributed by atoms with Crippen molar-refractivity contribution in [2.75, 3.05) is 13.1 Å². The highest BCUT2D eigenvalue weighted by molar-refractivity contribution is 5.24. The molecule has 1 unspecified atom stereocenters. The van der Waals surface area contributed by atoms with E-state index in [2.05, 4.69) is 5.32 Å². The second-order valence-corrected chi connectivity index (χ2v) is 3.83. The first-order chi connectivity index (χ1) is 7.18. The first-order valence-electron chi connectivity index (χ1n) is 5.03. The maximum Gasteiger partial charge on any atom is 0.161 e. The lowest BCUT2D eigenvalue weighted by Gasteiger charge is -2.23. The summed E-state index contributed by atoms with van der Waals surface area (Å²) in [7, 11) is 0. The predicted octanol–water partition coefficient (Wildman–Crippen LogP) is 2.57. The molecule has 1 aromatic carbocycles. The molecule has 0 aliphatic carbocycles. The highest BCUT2D eigenvalue weighted by Crippen LogP contribution is 2.27. The number of rotatable bonds is 1. The van der Waals surface area contributed by atoms with Crippen LogP contribution in [0.3, 0.4) is 0 Å². The topological polar surface area (TPSA) is 12.0 Å². The highest BCUT2D eigenvalue weighted by atomic mass is 19.2. The maximum absolute atomic E-state index is 13.4. The Hall–Kier alpha value is -1.03. The molecule has 0 saturated carbocycles. The Balaban J connectivity index is 2.30. The second-order valence-electron chi connectivity index (χ2n) is 3.83. The van der Waals surface area contributed by atoms with Crippen LogP contribution in [0.15, 0.2) is 12.1 Å². The van der Waals surface area contributed by atoms with Gasteiger partial charge in [0.25, 0.3) is 0 Å². The molecule has 1 aliphatic rings. The van der Waals surface area contributed by atoms with Crippen LogP contribution in [0.2, 0.25) is 0 Å². The van der Waals surface area contributed by atoms with Crippen LogP contribution in [0, 0.1) is 17.5 Å². The molecule has 2 rings (SSSR count). The van der Waals surface area contributed by atoms with Gasteiger partial charge in [-0.25, -0.2) is 13.2 Å². The third-order valence-electron chi connectivity index (χ3n) is 2.78. The SMILES string of the molecule is Fc1cc(F)c(C2CCCNC2)cc1F. The number of piperidine rings is 1. The average molecular weight is 215 g/mol. The van der Waals surface area contributed by atoms with Gasteiger partial charge in [-0.1, -0.05) is 0 Å². The van der Waals surface area contributed by atoms with E-state index in [9.17, 15) is 13.2 Å². The predicted molar refractivity (Wildman–Crippen MR) is 51.2 cm³/mol. The normalized spacial score (nSPS) is 21.7. The molecule has 1 aliphatic heterocycles. The number of benzene rings is 1. The third-order valence-corrected chi connectivity index (χ3v) is 2.78.